The van der Waals surface area contributed by atoms with Crippen LogP contribution in [0.1, 0.15) is 31.7 Å². The molecule has 0 amide bonds. The third-order valence-electron chi connectivity index (χ3n) is 5.10. The maximum Gasteiger partial charge on any atom is 0.340 e. The summed E-state index contributed by atoms with van der Waals surface area (Å²) in [4.78, 5) is 25.0. The van der Waals surface area contributed by atoms with Gasteiger partial charge in [0, 0.05) is 11.5 Å². The minimum absolute atomic E-state index is 0.0658. The third kappa shape index (κ3) is 4.01. The molecule has 8 heteroatoms. The third-order valence-corrected chi connectivity index (χ3v) is 5.10. The number of hydrogen-bond donors (Lipinski definition) is 1. The summed E-state index contributed by atoms with van der Waals surface area (Å²) in [6.07, 6.45) is -0.0658. The number of benzene rings is 2. The maximum atomic E-state index is 12.6. The second kappa shape index (κ2) is 8.59. The number of nitrogens with two attached hydrogens (primary N) is 1. The molecule has 0 saturated carbocycles. The lowest BCUT2D eigenvalue weighted by Crippen LogP contribution is -2.28. The van der Waals surface area contributed by atoms with Gasteiger partial charge in [0.25, 0.3) is 0 Å². The first-order valence-electron chi connectivity index (χ1n) is 10.1. The molecule has 2 aromatic rings. The van der Waals surface area contributed by atoms with Crippen LogP contribution in [-0.2, 0) is 19.1 Å². The summed E-state index contributed by atoms with van der Waals surface area (Å²) in [6.45, 7) is 4.02. The lowest BCUT2D eigenvalue weighted by atomic mass is 9.84. The van der Waals surface area contributed by atoms with Crippen LogP contribution in [0, 0.1) is 0 Å². The molecule has 4 rings (SSSR count). The van der Waals surface area contributed by atoms with E-state index in [-0.39, 0.29) is 37.9 Å². The van der Waals surface area contributed by atoms with Crippen molar-refractivity contribution in [1.82, 2.24) is 0 Å². The van der Waals surface area contributed by atoms with Crippen LogP contribution in [-0.4, -0.2) is 31.9 Å². The van der Waals surface area contributed by atoms with Gasteiger partial charge in [-0.25, -0.2) is 4.79 Å². The van der Waals surface area contributed by atoms with E-state index < -0.39 is 17.9 Å². The molecule has 8 nitrogen and oxygen atoms in total. The number of carbonyl (C=O) groups excluding carboxylic acids is 2. The number of hydrogen-bond acceptors (Lipinski definition) is 8. The molecule has 162 valence electrons. The van der Waals surface area contributed by atoms with E-state index in [1.54, 1.807) is 19.9 Å². The van der Waals surface area contributed by atoms with E-state index in [9.17, 15) is 9.59 Å². The number of ether oxygens (including phenoxy) is 5. The Labute approximate surface area is 179 Å². The van der Waals surface area contributed by atoms with Crippen LogP contribution in [0.4, 0.5) is 0 Å². The number of rotatable bonds is 6. The molecule has 0 aromatic heterocycles. The SMILES string of the molecule is CCOC(=O)CC1C(C(=O)OCC)=C(N)Oc2ccc(-c3ccc4c(c3)OCO4)cc21. The highest BCUT2D eigenvalue weighted by atomic mass is 16.7. The molecular weight excluding hydrogens is 402 g/mol. The summed E-state index contributed by atoms with van der Waals surface area (Å²) in [5.41, 5.74) is 8.57. The summed E-state index contributed by atoms with van der Waals surface area (Å²) in [6, 6.07) is 11.1. The topological polar surface area (TPSA) is 106 Å². The van der Waals surface area contributed by atoms with E-state index in [1.807, 2.05) is 30.3 Å². The van der Waals surface area contributed by atoms with Crippen LogP contribution >= 0.6 is 0 Å². The standard InChI is InChI=1S/C23H23NO7/c1-3-27-20(25)11-16-15-9-13(14-6-8-18-19(10-14)30-12-29-18)5-7-17(15)31-22(24)21(16)23(26)28-4-2/h5-10,16H,3-4,11-12,24H2,1-2H3. The molecule has 2 aliphatic heterocycles. The Morgan fingerprint density at radius 2 is 1.65 bits per heavy atom. The zero-order valence-corrected chi connectivity index (χ0v) is 17.3. The van der Waals surface area contributed by atoms with Gasteiger partial charge in [-0.15, -0.1) is 0 Å². The molecule has 2 aliphatic rings. The predicted molar refractivity (Wildman–Crippen MR) is 110 cm³/mol. The first-order chi connectivity index (χ1) is 15.0. The van der Waals surface area contributed by atoms with E-state index in [0.29, 0.717) is 22.8 Å². The van der Waals surface area contributed by atoms with E-state index in [4.69, 9.17) is 29.4 Å². The Hall–Kier alpha value is -3.68. The smallest absolute Gasteiger partial charge is 0.340 e. The van der Waals surface area contributed by atoms with Crippen molar-refractivity contribution in [3.05, 3.63) is 53.4 Å². The average Bonchev–Trinajstić information content (AvgIpc) is 3.21. The van der Waals surface area contributed by atoms with Crippen molar-refractivity contribution in [3.63, 3.8) is 0 Å². The van der Waals surface area contributed by atoms with Crippen molar-refractivity contribution in [2.24, 2.45) is 5.73 Å². The van der Waals surface area contributed by atoms with Gasteiger partial charge in [-0.3, -0.25) is 4.79 Å². The number of fused-ring (bicyclic) bond motifs is 2. The maximum absolute atomic E-state index is 12.6. The molecule has 0 radical (unpaired) electrons. The fourth-order valence-corrected chi connectivity index (χ4v) is 3.72. The van der Waals surface area contributed by atoms with Crippen molar-refractivity contribution in [2.45, 2.75) is 26.2 Å². The van der Waals surface area contributed by atoms with Gasteiger partial charge in [0.05, 0.1) is 19.6 Å². The van der Waals surface area contributed by atoms with Crippen molar-refractivity contribution in [3.8, 4) is 28.4 Å². The second-order valence-corrected chi connectivity index (χ2v) is 6.98. The van der Waals surface area contributed by atoms with E-state index >= 15 is 0 Å². The molecule has 2 N–H and O–H groups in total. The highest BCUT2D eigenvalue weighted by Crippen LogP contribution is 2.43. The molecule has 2 heterocycles. The van der Waals surface area contributed by atoms with Gasteiger partial charge in [0.15, 0.2) is 11.5 Å². The van der Waals surface area contributed by atoms with Crippen LogP contribution in [0.3, 0.4) is 0 Å². The largest absolute Gasteiger partial charge is 0.466 e. The highest BCUT2D eigenvalue weighted by molar-refractivity contribution is 5.93. The quantitative estimate of drug-likeness (QED) is 0.703. The molecular formula is C23H23NO7. The Morgan fingerprint density at radius 3 is 2.39 bits per heavy atom. The van der Waals surface area contributed by atoms with Gasteiger partial charge in [-0.2, -0.15) is 0 Å². The highest BCUT2D eigenvalue weighted by Gasteiger charge is 2.36. The molecule has 0 spiro atoms. The fourth-order valence-electron chi connectivity index (χ4n) is 3.72. The summed E-state index contributed by atoms with van der Waals surface area (Å²) < 4.78 is 26.8. The molecule has 2 aromatic carbocycles. The number of carbonyl (C=O) groups is 2. The van der Waals surface area contributed by atoms with Crippen molar-refractivity contribution in [1.29, 1.82) is 0 Å². The zero-order valence-electron chi connectivity index (χ0n) is 17.3. The average molecular weight is 425 g/mol. The minimum Gasteiger partial charge on any atom is -0.466 e. The second-order valence-electron chi connectivity index (χ2n) is 6.98. The van der Waals surface area contributed by atoms with E-state index in [0.717, 1.165) is 11.1 Å². The monoisotopic (exact) mass is 425 g/mol. The predicted octanol–water partition coefficient (Wildman–Crippen LogP) is 3.24. The van der Waals surface area contributed by atoms with Crippen LogP contribution in [0.5, 0.6) is 17.2 Å². The van der Waals surface area contributed by atoms with Gasteiger partial charge >= 0.3 is 11.9 Å². The summed E-state index contributed by atoms with van der Waals surface area (Å²) in [5, 5.41) is 0. The van der Waals surface area contributed by atoms with E-state index in [1.165, 1.54) is 0 Å². The molecule has 1 atom stereocenters. The molecule has 1 unspecified atom stereocenters. The minimum atomic E-state index is -0.657. The Bertz CT molecular complexity index is 1060. The Kier molecular flexibility index (Phi) is 5.70. The summed E-state index contributed by atoms with van der Waals surface area (Å²) >= 11 is 0. The van der Waals surface area contributed by atoms with Crippen LogP contribution < -0.4 is 19.9 Å². The first kappa shape index (κ1) is 20.6. The van der Waals surface area contributed by atoms with Crippen molar-refractivity contribution >= 4 is 11.9 Å². The first-order valence-corrected chi connectivity index (χ1v) is 10.1. The van der Waals surface area contributed by atoms with E-state index in [2.05, 4.69) is 0 Å². The summed E-state index contributed by atoms with van der Waals surface area (Å²) in [7, 11) is 0. The van der Waals surface area contributed by atoms with Crippen LogP contribution in [0.25, 0.3) is 11.1 Å². The number of esters is 2. The van der Waals surface area contributed by atoms with Gasteiger partial charge in [-0.05, 0) is 49.2 Å². The molecule has 0 bridgehead atoms. The molecule has 0 aliphatic carbocycles. The zero-order chi connectivity index (χ0) is 22.0. The van der Waals surface area contributed by atoms with Gasteiger partial charge < -0.3 is 29.4 Å². The fraction of sp³-hybridized carbons (Fsp3) is 0.304. The molecule has 0 saturated heterocycles. The molecule has 31 heavy (non-hydrogen) atoms. The van der Waals surface area contributed by atoms with Crippen LogP contribution in [0.2, 0.25) is 0 Å². The lowest BCUT2D eigenvalue weighted by Gasteiger charge is -2.28. The normalized spacial score (nSPS) is 16.4. The van der Waals surface area contributed by atoms with Gasteiger partial charge in [0.1, 0.15) is 11.3 Å². The lowest BCUT2D eigenvalue weighted by molar-refractivity contribution is -0.143. The van der Waals surface area contributed by atoms with Crippen molar-refractivity contribution in [2.75, 3.05) is 20.0 Å². The Balaban J connectivity index is 1.76. The van der Waals surface area contributed by atoms with Crippen LogP contribution in [0.15, 0.2) is 47.9 Å². The van der Waals surface area contributed by atoms with Crippen molar-refractivity contribution < 1.29 is 33.3 Å². The molecule has 0 fully saturated rings. The van der Waals surface area contributed by atoms with Gasteiger partial charge in [0.2, 0.25) is 12.7 Å². The summed E-state index contributed by atoms with van der Waals surface area (Å²) in [5.74, 6) is 0.0320. The Morgan fingerprint density at radius 1 is 0.968 bits per heavy atom. The van der Waals surface area contributed by atoms with Gasteiger partial charge in [-0.1, -0.05) is 12.1 Å².